The molecule has 120 valence electrons. The van der Waals surface area contributed by atoms with Crippen LogP contribution in [0.15, 0.2) is 55.3 Å². The van der Waals surface area contributed by atoms with Crippen LogP contribution < -0.4 is 0 Å². The molecule has 0 fully saturated rings. The first-order valence-corrected chi connectivity index (χ1v) is 8.61. The Morgan fingerprint density at radius 2 is 1.22 bits per heavy atom. The first kappa shape index (κ1) is 17.7. The van der Waals surface area contributed by atoms with E-state index in [1.165, 1.54) is 0 Å². The van der Waals surface area contributed by atoms with Crippen LogP contribution in [0.1, 0.15) is 17.5 Å². The standard InChI is InChI=1S/C17H16Br2N2O2/c18-14-2-4-16(22)12(8-14)10-20-6-1-7-21-11-13-9-15(19)3-5-17(13)23/h2-5,8-11,22-23H,1,6-7H2/b20-10+,21-11+. The Labute approximate surface area is 151 Å². The number of aromatic hydroxyl groups is 2. The Balaban J connectivity index is 1.79. The minimum Gasteiger partial charge on any atom is -0.507 e. The summed E-state index contributed by atoms with van der Waals surface area (Å²) in [4.78, 5) is 8.57. The quantitative estimate of drug-likeness (QED) is 0.512. The number of phenols is 2. The number of benzene rings is 2. The first-order chi connectivity index (χ1) is 11.1. The molecule has 2 rings (SSSR count). The molecule has 0 saturated carbocycles. The van der Waals surface area contributed by atoms with Crippen molar-refractivity contribution in [3.8, 4) is 11.5 Å². The van der Waals surface area contributed by atoms with Crippen molar-refractivity contribution < 1.29 is 10.2 Å². The lowest BCUT2D eigenvalue weighted by Gasteiger charge is -2.00. The van der Waals surface area contributed by atoms with E-state index in [-0.39, 0.29) is 11.5 Å². The highest BCUT2D eigenvalue weighted by molar-refractivity contribution is 9.10. The molecule has 6 heteroatoms. The third-order valence-corrected chi connectivity index (χ3v) is 4.00. The van der Waals surface area contributed by atoms with Crippen LogP contribution in [0.25, 0.3) is 0 Å². The zero-order valence-corrected chi connectivity index (χ0v) is 15.5. The lowest BCUT2D eigenvalue weighted by Crippen LogP contribution is -1.90. The zero-order chi connectivity index (χ0) is 16.7. The van der Waals surface area contributed by atoms with E-state index in [0.29, 0.717) is 24.2 Å². The van der Waals surface area contributed by atoms with Crippen LogP contribution >= 0.6 is 31.9 Å². The van der Waals surface area contributed by atoms with Crippen LogP contribution in [-0.2, 0) is 0 Å². The summed E-state index contributed by atoms with van der Waals surface area (Å²) in [6.07, 6.45) is 4.10. The van der Waals surface area contributed by atoms with Crippen molar-refractivity contribution in [2.24, 2.45) is 9.98 Å². The summed E-state index contributed by atoms with van der Waals surface area (Å²) in [6, 6.07) is 10.4. The molecule has 2 aromatic rings. The largest absolute Gasteiger partial charge is 0.507 e. The number of phenolic OH excluding ortho intramolecular Hbond substituents is 2. The summed E-state index contributed by atoms with van der Waals surface area (Å²) in [5, 5.41) is 19.4. The lowest BCUT2D eigenvalue weighted by molar-refractivity contribution is 0.474. The molecule has 0 aliphatic carbocycles. The second-order valence-electron chi connectivity index (χ2n) is 4.83. The molecule has 0 amide bonds. The van der Waals surface area contributed by atoms with Gasteiger partial charge in [-0.3, -0.25) is 9.98 Å². The average Bonchev–Trinajstić information content (AvgIpc) is 2.52. The Kier molecular flexibility index (Phi) is 6.80. The highest BCUT2D eigenvalue weighted by atomic mass is 79.9. The van der Waals surface area contributed by atoms with Gasteiger partial charge in [0.15, 0.2) is 0 Å². The molecule has 0 aliphatic rings. The van der Waals surface area contributed by atoms with Crippen LogP contribution in [0.2, 0.25) is 0 Å². The van der Waals surface area contributed by atoms with Gasteiger partial charge < -0.3 is 10.2 Å². The van der Waals surface area contributed by atoms with Gasteiger partial charge in [-0.05, 0) is 42.8 Å². The molecular weight excluding hydrogens is 424 g/mol. The third kappa shape index (κ3) is 5.80. The Hall–Kier alpha value is -1.66. The number of aliphatic imine (C=N–C) groups is 2. The van der Waals surface area contributed by atoms with Crippen LogP contribution in [0, 0.1) is 0 Å². The van der Waals surface area contributed by atoms with E-state index in [2.05, 4.69) is 41.8 Å². The predicted octanol–water partition coefficient (Wildman–Crippen LogP) is 4.55. The molecule has 0 aliphatic heterocycles. The van der Waals surface area contributed by atoms with Gasteiger partial charge in [0.1, 0.15) is 11.5 Å². The third-order valence-electron chi connectivity index (χ3n) is 3.01. The van der Waals surface area contributed by atoms with Gasteiger partial charge in [-0.2, -0.15) is 0 Å². The fourth-order valence-corrected chi connectivity index (χ4v) is 2.59. The number of hydrogen-bond donors (Lipinski definition) is 2. The van der Waals surface area contributed by atoms with E-state index < -0.39 is 0 Å². The lowest BCUT2D eigenvalue weighted by atomic mass is 10.2. The highest BCUT2D eigenvalue weighted by Gasteiger charge is 1.99. The molecule has 2 N–H and O–H groups in total. The van der Waals surface area contributed by atoms with Gasteiger partial charge in [0, 0.05) is 45.6 Å². The minimum atomic E-state index is 0.208. The summed E-state index contributed by atoms with van der Waals surface area (Å²) in [5.74, 6) is 0.417. The molecular formula is C17H16Br2N2O2. The summed E-state index contributed by atoms with van der Waals surface area (Å²) in [5.41, 5.74) is 1.36. The number of nitrogens with zero attached hydrogens (tertiary/aromatic N) is 2. The minimum absolute atomic E-state index is 0.208. The van der Waals surface area contributed by atoms with Gasteiger partial charge in [0.05, 0.1) is 0 Å². The van der Waals surface area contributed by atoms with E-state index >= 15 is 0 Å². The average molecular weight is 440 g/mol. The van der Waals surface area contributed by atoms with E-state index in [1.807, 2.05) is 12.1 Å². The second kappa shape index (κ2) is 8.84. The maximum atomic E-state index is 9.69. The van der Waals surface area contributed by atoms with Crippen LogP contribution in [0.3, 0.4) is 0 Å². The molecule has 23 heavy (non-hydrogen) atoms. The van der Waals surface area contributed by atoms with Gasteiger partial charge in [-0.15, -0.1) is 0 Å². The van der Waals surface area contributed by atoms with Gasteiger partial charge in [0.25, 0.3) is 0 Å². The molecule has 0 radical (unpaired) electrons. The van der Waals surface area contributed by atoms with E-state index in [4.69, 9.17) is 0 Å². The van der Waals surface area contributed by atoms with Crippen molar-refractivity contribution in [1.29, 1.82) is 0 Å². The Morgan fingerprint density at radius 3 is 1.65 bits per heavy atom. The van der Waals surface area contributed by atoms with Crippen LogP contribution in [0.4, 0.5) is 0 Å². The second-order valence-corrected chi connectivity index (χ2v) is 6.66. The fourth-order valence-electron chi connectivity index (χ4n) is 1.84. The van der Waals surface area contributed by atoms with E-state index in [0.717, 1.165) is 15.4 Å². The molecule has 0 unspecified atom stereocenters. The molecule has 0 bridgehead atoms. The monoisotopic (exact) mass is 438 g/mol. The number of halogens is 2. The summed E-state index contributed by atoms with van der Waals surface area (Å²) >= 11 is 6.71. The topological polar surface area (TPSA) is 65.2 Å². The zero-order valence-electron chi connectivity index (χ0n) is 12.3. The van der Waals surface area contributed by atoms with Crippen molar-refractivity contribution in [1.82, 2.24) is 0 Å². The van der Waals surface area contributed by atoms with Gasteiger partial charge >= 0.3 is 0 Å². The maximum Gasteiger partial charge on any atom is 0.124 e. The predicted molar refractivity (Wildman–Crippen MR) is 101 cm³/mol. The molecule has 2 aromatic carbocycles. The highest BCUT2D eigenvalue weighted by Crippen LogP contribution is 2.21. The van der Waals surface area contributed by atoms with Crippen molar-refractivity contribution in [2.75, 3.05) is 13.1 Å². The smallest absolute Gasteiger partial charge is 0.124 e. The number of rotatable bonds is 6. The van der Waals surface area contributed by atoms with Gasteiger partial charge in [-0.25, -0.2) is 0 Å². The Bertz CT molecular complexity index is 669. The maximum absolute atomic E-state index is 9.69. The first-order valence-electron chi connectivity index (χ1n) is 7.03. The molecule has 0 saturated heterocycles. The summed E-state index contributed by atoms with van der Waals surface area (Å²) < 4.78 is 1.80. The van der Waals surface area contributed by atoms with E-state index in [1.54, 1.807) is 36.7 Å². The summed E-state index contributed by atoms with van der Waals surface area (Å²) in [7, 11) is 0. The van der Waals surface area contributed by atoms with Crippen molar-refractivity contribution >= 4 is 44.3 Å². The van der Waals surface area contributed by atoms with Gasteiger partial charge in [0.2, 0.25) is 0 Å². The molecule has 0 spiro atoms. The number of hydrogen-bond acceptors (Lipinski definition) is 4. The molecule has 0 atom stereocenters. The van der Waals surface area contributed by atoms with Crippen LogP contribution in [0.5, 0.6) is 11.5 Å². The fraction of sp³-hybridized carbons (Fsp3) is 0.176. The van der Waals surface area contributed by atoms with E-state index in [9.17, 15) is 10.2 Å². The summed E-state index contributed by atoms with van der Waals surface area (Å²) in [6.45, 7) is 1.24. The SMILES string of the molecule is Oc1ccc(Br)cc1/C=N/CCC/N=C/c1cc(Br)ccc1O. The van der Waals surface area contributed by atoms with Crippen LogP contribution in [-0.4, -0.2) is 35.7 Å². The van der Waals surface area contributed by atoms with Crippen molar-refractivity contribution in [3.63, 3.8) is 0 Å². The molecule has 0 heterocycles. The normalized spacial score (nSPS) is 11.6. The van der Waals surface area contributed by atoms with Gasteiger partial charge in [-0.1, -0.05) is 31.9 Å². The van der Waals surface area contributed by atoms with Crippen molar-refractivity contribution in [2.45, 2.75) is 6.42 Å². The molecule has 4 nitrogen and oxygen atoms in total. The molecule has 0 aromatic heterocycles. The van der Waals surface area contributed by atoms with Crippen molar-refractivity contribution in [3.05, 3.63) is 56.5 Å². The Morgan fingerprint density at radius 1 is 0.783 bits per heavy atom.